The summed E-state index contributed by atoms with van der Waals surface area (Å²) >= 11 is 0. The van der Waals surface area contributed by atoms with Crippen LogP contribution in [0, 0.1) is 24.5 Å². The van der Waals surface area contributed by atoms with Crippen LogP contribution in [0.4, 0.5) is 34.8 Å². The van der Waals surface area contributed by atoms with Gasteiger partial charge in [0.25, 0.3) is 6.43 Å². The van der Waals surface area contributed by atoms with E-state index in [1.807, 2.05) is 43.2 Å². The number of alkyl halides is 2. The molecule has 4 fully saturated rings. The van der Waals surface area contributed by atoms with Crippen molar-refractivity contribution >= 4 is 34.1 Å². The van der Waals surface area contributed by atoms with Gasteiger partial charge in [0.05, 0.1) is 45.6 Å². The summed E-state index contributed by atoms with van der Waals surface area (Å²) in [5, 5.41) is 16.5. The zero-order valence-corrected chi connectivity index (χ0v) is 31.1. The minimum Gasteiger partial charge on any atom is -0.374 e. The van der Waals surface area contributed by atoms with Crippen molar-refractivity contribution in [1.29, 1.82) is 0 Å². The second kappa shape index (κ2) is 12.4. The summed E-state index contributed by atoms with van der Waals surface area (Å²) in [5.41, 5.74) is 0.655. The predicted molar refractivity (Wildman–Crippen MR) is 197 cm³/mol. The number of aromatic nitrogens is 4. The maximum atomic E-state index is 15.7. The number of likely N-dealkylation sites (tertiary alicyclic amines) is 1. The third-order valence-corrected chi connectivity index (χ3v) is 12.9. The molecular formula is C40H46F4N8O2. The lowest BCUT2D eigenvalue weighted by Gasteiger charge is -2.48. The van der Waals surface area contributed by atoms with E-state index in [0.29, 0.717) is 40.1 Å². The van der Waals surface area contributed by atoms with Crippen molar-refractivity contribution < 1.29 is 27.5 Å². The Bertz CT molecular complexity index is 2180. The molecule has 0 spiro atoms. The lowest BCUT2D eigenvalue weighted by atomic mass is 9.82. The highest BCUT2D eigenvalue weighted by Crippen LogP contribution is 2.49. The van der Waals surface area contributed by atoms with E-state index >= 15 is 8.78 Å². The van der Waals surface area contributed by atoms with Crippen molar-refractivity contribution in [3.63, 3.8) is 0 Å². The molecule has 1 aromatic carbocycles. The molecule has 2 aliphatic heterocycles. The number of aliphatic hydroxyl groups is 1. The van der Waals surface area contributed by atoms with Gasteiger partial charge in [0, 0.05) is 48.0 Å². The molecule has 5 heterocycles. The second-order valence-electron chi connectivity index (χ2n) is 17.1. The lowest BCUT2D eigenvalue weighted by Crippen LogP contribution is -2.57. The number of aliphatic hydroxyl groups excluding tert-OH is 1. The molecule has 3 aromatic heterocycles. The normalized spacial score (nSPS) is 25.9. The molecule has 3 saturated carbocycles. The Labute approximate surface area is 311 Å². The third-order valence-electron chi connectivity index (χ3n) is 12.9. The van der Waals surface area contributed by atoms with Crippen LogP contribution in [0.1, 0.15) is 102 Å². The molecule has 3 atom stereocenters. The van der Waals surface area contributed by atoms with Crippen LogP contribution >= 0.6 is 0 Å². The van der Waals surface area contributed by atoms with Gasteiger partial charge < -0.3 is 19.9 Å². The van der Waals surface area contributed by atoms with Crippen LogP contribution in [-0.4, -0.2) is 72.1 Å². The minimum atomic E-state index is -2.73. The zero-order valence-electron chi connectivity index (χ0n) is 31.1. The van der Waals surface area contributed by atoms with Gasteiger partial charge in [-0.1, -0.05) is 0 Å². The SMILES string of the molecule is Cc1c(C(O)NC2(C(F)F)CC2)cc(Nc2nc(-c3cnc4c(c3)N([C@H]3C[C@@H](N5C[C@H]6CC[C@@H]5C6)C3)C(=O)C4(C)C)cc3ncn(C(C)C)c23)c(F)c1F. The Morgan fingerprint density at radius 1 is 0.981 bits per heavy atom. The number of benzene rings is 1. The Kier molecular flexibility index (Phi) is 8.19. The summed E-state index contributed by atoms with van der Waals surface area (Å²) in [4.78, 5) is 33.0. The molecule has 10 nitrogen and oxygen atoms in total. The van der Waals surface area contributed by atoms with E-state index in [9.17, 15) is 18.7 Å². The maximum Gasteiger partial charge on any atom is 0.256 e. The fourth-order valence-corrected chi connectivity index (χ4v) is 9.42. The van der Waals surface area contributed by atoms with Crippen LogP contribution < -0.4 is 15.5 Å². The number of carbonyl (C=O) groups excluding carboxylic acids is 1. The topological polar surface area (TPSA) is 111 Å². The first-order valence-electron chi connectivity index (χ1n) is 19.1. The van der Waals surface area contributed by atoms with Gasteiger partial charge in [0.2, 0.25) is 5.91 Å². The van der Waals surface area contributed by atoms with E-state index in [4.69, 9.17) is 9.97 Å². The van der Waals surface area contributed by atoms with Crippen LogP contribution in [0.3, 0.4) is 0 Å². The Hall–Kier alpha value is -4.14. The number of amides is 1. The van der Waals surface area contributed by atoms with Crippen molar-refractivity contribution in [2.45, 2.75) is 127 Å². The van der Waals surface area contributed by atoms with E-state index in [1.165, 1.54) is 32.3 Å². The molecule has 9 rings (SSSR count). The van der Waals surface area contributed by atoms with E-state index in [1.54, 1.807) is 18.6 Å². The van der Waals surface area contributed by atoms with Gasteiger partial charge in [-0.15, -0.1) is 0 Å². The lowest BCUT2D eigenvalue weighted by molar-refractivity contribution is -0.123. The number of fused-ring (bicyclic) bond motifs is 4. The quantitative estimate of drug-likeness (QED) is 0.114. The van der Waals surface area contributed by atoms with Crippen molar-refractivity contribution in [2.75, 3.05) is 16.8 Å². The molecule has 5 aliphatic rings. The molecule has 0 radical (unpaired) electrons. The largest absolute Gasteiger partial charge is 0.374 e. The first-order chi connectivity index (χ1) is 25.7. The summed E-state index contributed by atoms with van der Waals surface area (Å²) in [7, 11) is 0. The van der Waals surface area contributed by atoms with E-state index in [2.05, 4.69) is 20.5 Å². The number of rotatable bonds is 10. The summed E-state index contributed by atoms with van der Waals surface area (Å²) in [6.45, 7) is 10.2. The summed E-state index contributed by atoms with van der Waals surface area (Å²) < 4.78 is 60.4. The highest BCUT2D eigenvalue weighted by atomic mass is 19.3. The van der Waals surface area contributed by atoms with Crippen molar-refractivity contribution in [1.82, 2.24) is 29.7 Å². The Balaban J connectivity index is 1.07. The van der Waals surface area contributed by atoms with Gasteiger partial charge in [0.15, 0.2) is 17.5 Å². The van der Waals surface area contributed by atoms with Gasteiger partial charge in [-0.05, 0) is 109 Å². The summed E-state index contributed by atoms with van der Waals surface area (Å²) in [6.07, 6.45) is 5.00. The fraction of sp³-hybridized carbons (Fsp3) is 0.550. The summed E-state index contributed by atoms with van der Waals surface area (Å²) in [6, 6.07) is 6.14. The number of anilines is 3. The smallest absolute Gasteiger partial charge is 0.256 e. The molecule has 3 N–H and O–H groups in total. The van der Waals surface area contributed by atoms with Crippen LogP contribution in [0.15, 0.2) is 30.7 Å². The maximum absolute atomic E-state index is 15.7. The first kappa shape index (κ1) is 35.6. The molecule has 2 bridgehead atoms. The van der Waals surface area contributed by atoms with E-state index in [0.717, 1.165) is 31.0 Å². The number of hydrogen-bond acceptors (Lipinski definition) is 8. The highest BCUT2D eigenvalue weighted by Gasteiger charge is 2.54. The van der Waals surface area contributed by atoms with Crippen LogP contribution in [0.25, 0.3) is 22.3 Å². The Morgan fingerprint density at radius 3 is 2.39 bits per heavy atom. The van der Waals surface area contributed by atoms with Crippen LogP contribution in [-0.2, 0) is 10.2 Å². The number of nitrogens with zero attached hydrogens (tertiary/aromatic N) is 6. The Morgan fingerprint density at radius 2 is 1.74 bits per heavy atom. The van der Waals surface area contributed by atoms with Gasteiger partial charge >= 0.3 is 0 Å². The molecule has 4 aromatic rings. The molecule has 14 heteroatoms. The molecule has 1 saturated heterocycles. The number of hydrogen-bond donors (Lipinski definition) is 3. The zero-order chi connectivity index (χ0) is 38.0. The highest BCUT2D eigenvalue weighted by molar-refractivity contribution is 6.08. The number of pyridine rings is 2. The minimum absolute atomic E-state index is 0.0282. The van der Waals surface area contributed by atoms with E-state index < -0.39 is 35.2 Å². The fourth-order valence-electron chi connectivity index (χ4n) is 9.42. The molecule has 1 amide bonds. The first-order valence-corrected chi connectivity index (χ1v) is 19.1. The molecule has 286 valence electrons. The van der Waals surface area contributed by atoms with Crippen LogP contribution in [0.5, 0.6) is 0 Å². The monoisotopic (exact) mass is 746 g/mol. The summed E-state index contributed by atoms with van der Waals surface area (Å²) in [5.74, 6) is -1.41. The van der Waals surface area contributed by atoms with Crippen molar-refractivity contribution in [3.8, 4) is 11.3 Å². The number of piperidine rings is 1. The van der Waals surface area contributed by atoms with Crippen molar-refractivity contribution in [2.24, 2.45) is 5.92 Å². The molecular weight excluding hydrogens is 700 g/mol. The van der Waals surface area contributed by atoms with Gasteiger partial charge in [-0.3, -0.25) is 20.0 Å². The van der Waals surface area contributed by atoms with Gasteiger partial charge in [0.1, 0.15) is 11.7 Å². The molecule has 3 aliphatic carbocycles. The van der Waals surface area contributed by atoms with E-state index in [-0.39, 0.29) is 53.5 Å². The molecule has 1 unspecified atom stereocenters. The standard InChI is InChI=1S/C40H46F4N8O2/c1-19(2)51-18-46-29-15-27(47-35(33(29)51)48-28-14-26(20(3)31(41)32(28)42)36(53)49-40(8-9-40)37(43)44)22-11-30-34(45-16-22)39(4,5)38(54)52(30)25-12-24(13-25)50-17-21-6-7-23(50)10-21/h11,14-16,18-19,21,23-25,36-37,49,53H,6-10,12-13,17H2,1-5H3,(H,47,48)/t21-,23+,24-,25+,36?/m0/s1. The molecule has 54 heavy (non-hydrogen) atoms. The second-order valence-corrected chi connectivity index (χ2v) is 17.1. The van der Waals surface area contributed by atoms with Crippen LogP contribution in [0.2, 0.25) is 0 Å². The number of halogens is 4. The number of nitrogens with one attached hydrogen (secondary N) is 2. The third kappa shape index (κ3) is 5.45. The predicted octanol–water partition coefficient (Wildman–Crippen LogP) is 7.42. The average Bonchev–Trinajstić information content (AvgIpc) is 3.40. The average molecular weight is 747 g/mol. The van der Waals surface area contributed by atoms with Gasteiger partial charge in [-0.25, -0.2) is 27.5 Å². The number of imidazole rings is 1. The van der Waals surface area contributed by atoms with Gasteiger partial charge in [-0.2, -0.15) is 0 Å². The number of carbonyl (C=O) groups is 1. The van der Waals surface area contributed by atoms with Crippen molar-refractivity contribution in [3.05, 3.63) is 59.2 Å².